The molecule has 7 heteroatoms. The lowest BCUT2D eigenvalue weighted by Gasteiger charge is -2.15. The van der Waals surface area contributed by atoms with Crippen molar-refractivity contribution >= 4 is 28.5 Å². The molecule has 6 nitrogen and oxygen atoms in total. The van der Waals surface area contributed by atoms with E-state index in [1.165, 1.54) is 14.7 Å². The van der Waals surface area contributed by atoms with Crippen molar-refractivity contribution < 1.29 is 4.79 Å². The topological polar surface area (TPSA) is 73.1 Å². The molecule has 0 unspecified atom stereocenters. The first kappa shape index (κ1) is 22.6. The minimum Gasteiger partial charge on any atom is -0.354 e. The number of nitrogens with zero attached hydrogens (tertiary/aromatic N) is 2. The molecule has 0 saturated heterocycles. The lowest BCUT2D eigenvalue weighted by Crippen LogP contribution is -2.44. The van der Waals surface area contributed by atoms with Crippen LogP contribution < -0.4 is 16.4 Å². The summed E-state index contributed by atoms with van der Waals surface area (Å²) in [5.74, 6) is -0.316. The summed E-state index contributed by atoms with van der Waals surface area (Å²) in [6.45, 7) is 2.48. The summed E-state index contributed by atoms with van der Waals surface area (Å²) >= 11 is 5.95. The Kier molecular flexibility index (Phi) is 6.75. The number of hydrogen-bond donors (Lipinski definition) is 1. The molecule has 1 aromatic heterocycles. The lowest BCUT2D eigenvalue weighted by atomic mass is 10.1. The van der Waals surface area contributed by atoms with Gasteiger partial charge < -0.3 is 5.32 Å². The minimum absolute atomic E-state index is 0.218. The summed E-state index contributed by atoms with van der Waals surface area (Å²) in [7, 11) is 0. The zero-order valence-corrected chi connectivity index (χ0v) is 19.0. The van der Waals surface area contributed by atoms with Gasteiger partial charge in [0.05, 0.1) is 17.6 Å². The third-order valence-corrected chi connectivity index (χ3v) is 5.80. The molecule has 168 valence electrons. The fourth-order valence-corrected chi connectivity index (χ4v) is 3.88. The maximum atomic E-state index is 13.0. The van der Waals surface area contributed by atoms with Crippen LogP contribution in [0.5, 0.6) is 0 Å². The third-order valence-electron chi connectivity index (χ3n) is 5.55. The van der Waals surface area contributed by atoms with Gasteiger partial charge in [-0.2, -0.15) is 0 Å². The number of halogens is 1. The Morgan fingerprint density at radius 2 is 1.39 bits per heavy atom. The van der Waals surface area contributed by atoms with E-state index in [1.54, 1.807) is 36.4 Å². The number of benzene rings is 3. The van der Waals surface area contributed by atoms with Crippen LogP contribution in [0.4, 0.5) is 0 Å². The Morgan fingerprint density at radius 1 is 0.818 bits per heavy atom. The van der Waals surface area contributed by atoms with Gasteiger partial charge in [-0.15, -0.1) is 0 Å². The van der Waals surface area contributed by atoms with Crippen LogP contribution in [0, 0.1) is 6.92 Å². The Morgan fingerprint density at radius 3 is 2.06 bits per heavy atom. The zero-order valence-electron chi connectivity index (χ0n) is 18.3. The standard InChI is InChI=1S/C26H24ClN3O3/c1-18-6-8-19(9-7-18)14-15-28-24(31)17-30-23-5-3-2-4-22(23)29(25(32)26(30)33)16-20-10-12-21(27)13-11-20/h2-13H,14-17H2,1H3,(H,28,31). The minimum atomic E-state index is -0.726. The van der Waals surface area contributed by atoms with Crippen LogP contribution in [0.2, 0.25) is 5.02 Å². The van der Waals surface area contributed by atoms with Crippen molar-refractivity contribution in [3.63, 3.8) is 0 Å². The van der Waals surface area contributed by atoms with Crippen LogP contribution in [0.25, 0.3) is 11.0 Å². The number of carbonyl (C=O) groups excluding carboxylic acids is 1. The van der Waals surface area contributed by atoms with Crippen molar-refractivity contribution in [1.82, 2.24) is 14.5 Å². The van der Waals surface area contributed by atoms with Crippen molar-refractivity contribution in [3.8, 4) is 0 Å². The first-order valence-electron chi connectivity index (χ1n) is 10.7. The molecule has 4 aromatic rings. The van der Waals surface area contributed by atoms with Gasteiger partial charge in [-0.25, -0.2) is 0 Å². The Hall–Kier alpha value is -3.64. The monoisotopic (exact) mass is 461 g/mol. The van der Waals surface area contributed by atoms with Gasteiger partial charge in [0.15, 0.2) is 0 Å². The zero-order chi connectivity index (χ0) is 23.4. The van der Waals surface area contributed by atoms with Crippen LogP contribution in [0.3, 0.4) is 0 Å². The maximum absolute atomic E-state index is 13.0. The molecular weight excluding hydrogens is 438 g/mol. The van der Waals surface area contributed by atoms with Crippen molar-refractivity contribution in [3.05, 3.63) is 115 Å². The molecule has 0 aliphatic heterocycles. The summed E-state index contributed by atoms with van der Waals surface area (Å²) in [6, 6.07) is 22.3. The highest BCUT2D eigenvalue weighted by molar-refractivity contribution is 6.30. The van der Waals surface area contributed by atoms with Gasteiger partial charge in [0, 0.05) is 11.6 Å². The van der Waals surface area contributed by atoms with E-state index >= 15 is 0 Å². The molecule has 0 aliphatic carbocycles. The molecular formula is C26H24ClN3O3. The molecule has 1 amide bonds. The number of fused-ring (bicyclic) bond motifs is 1. The van der Waals surface area contributed by atoms with E-state index in [9.17, 15) is 14.4 Å². The van der Waals surface area contributed by atoms with Gasteiger partial charge >= 0.3 is 11.1 Å². The highest BCUT2D eigenvalue weighted by Gasteiger charge is 2.15. The molecule has 1 heterocycles. The van der Waals surface area contributed by atoms with E-state index in [2.05, 4.69) is 5.32 Å². The van der Waals surface area contributed by atoms with Crippen molar-refractivity contribution in [2.24, 2.45) is 0 Å². The Balaban J connectivity index is 1.56. The fourth-order valence-electron chi connectivity index (χ4n) is 3.76. The molecule has 0 aliphatic rings. The van der Waals surface area contributed by atoms with Crippen LogP contribution in [0.1, 0.15) is 16.7 Å². The number of para-hydroxylation sites is 2. The molecule has 0 saturated carbocycles. The van der Waals surface area contributed by atoms with E-state index in [1.807, 2.05) is 43.3 Å². The summed E-state index contributed by atoms with van der Waals surface area (Å²) in [5, 5.41) is 3.44. The molecule has 4 rings (SSSR count). The predicted molar refractivity (Wildman–Crippen MR) is 131 cm³/mol. The summed E-state index contributed by atoms with van der Waals surface area (Å²) in [5.41, 5.74) is 2.87. The van der Waals surface area contributed by atoms with E-state index in [4.69, 9.17) is 11.6 Å². The average Bonchev–Trinajstić information content (AvgIpc) is 2.82. The fraction of sp³-hybridized carbons (Fsp3) is 0.192. The number of rotatable bonds is 7. The predicted octanol–water partition coefficient (Wildman–Crippen LogP) is 3.53. The number of aromatic nitrogens is 2. The number of amides is 1. The van der Waals surface area contributed by atoms with Gasteiger partial charge in [0.1, 0.15) is 6.54 Å². The van der Waals surface area contributed by atoms with Crippen molar-refractivity contribution in [2.75, 3.05) is 6.54 Å². The molecule has 0 atom stereocenters. The number of carbonyl (C=O) groups is 1. The maximum Gasteiger partial charge on any atom is 0.317 e. The third kappa shape index (κ3) is 5.23. The van der Waals surface area contributed by atoms with E-state index < -0.39 is 11.1 Å². The second kappa shape index (κ2) is 9.88. The van der Waals surface area contributed by atoms with Gasteiger partial charge in [0.2, 0.25) is 5.91 Å². The van der Waals surface area contributed by atoms with Crippen LogP contribution in [0.15, 0.2) is 82.4 Å². The van der Waals surface area contributed by atoms with Crippen LogP contribution in [-0.4, -0.2) is 21.6 Å². The summed E-state index contributed by atoms with van der Waals surface area (Å²) in [6.07, 6.45) is 0.685. The Bertz CT molecular complexity index is 1400. The Labute approximate surface area is 196 Å². The molecule has 1 N–H and O–H groups in total. The van der Waals surface area contributed by atoms with Crippen LogP contribution >= 0.6 is 11.6 Å². The summed E-state index contributed by atoms with van der Waals surface area (Å²) < 4.78 is 2.68. The second-order valence-electron chi connectivity index (χ2n) is 7.98. The highest BCUT2D eigenvalue weighted by Crippen LogP contribution is 2.14. The van der Waals surface area contributed by atoms with Gasteiger partial charge in [-0.1, -0.05) is 65.7 Å². The molecule has 0 bridgehead atoms. The summed E-state index contributed by atoms with van der Waals surface area (Å²) in [4.78, 5) is 38.5. The SMILES string of the molecule is Cc1ccc(CCNC(=O)Cn2c(=O)c(=O)n(Cc3ccc(Cl)cc3)c3ccccc32)cc1. The first-order valence-corrected chi connectivity index (χ1v) is 11.1. The van der Waals surface area contributed by atoms with E-state index in [0.717, 1.165) is 11.1 Å². The molecule has 3 aromatic carbocycles. The first-order chi connectivity index (χ1) is 15.9. The average molecular weight is 462 g/mol. The largest absolute Gasteiger partial charge is 0.354 e. The quantitative estimate of drug-likeness (QED) is 0.428. The molecule has 33 heavy (non-hydrogen) atoms. The normalized spacial score (nSPS) is 11.0. The van der Waals surface area contributed by atoms with Gasteiger partial charge in [-0.3, -0.25) is 23.5 Å². The molecule has 0 radical (unpaired) electrons. The molecule has 0 fully saturated rings. The molecule has 0 spiro atoms. The van der Waals surface area contributed by atoms with Crippen LogP contribution in [-0.2, 0) is 24.3 Å². The van der Waals surface area contributed by atoms with Crippen molar-refractivity contribution in [1.29, 1.82) is 0 Å². The van der Waals surface area contributed by atoms with Gasteiger partial charge in [0.25, 0.3) is 0 Å². The van der Waals surface area contributed by atoms with E-state index in [0.29, 0.717) is 29.0 Å². The number of aryl methyl sites for hydroxylation is 1. The number of hydrogen-bond acceptors (Lipinski definition) is 3. The smallest absolute Gasteiger partial charge is 0.317 e. The van der Waals surface area contributed by atoms with Crippen molar-refractivity contribution in [2.45, 2.75) is 26.4 Å². The second-order valence-corrected chi connectivity index (χ2v) is 8.42. The highest BCUT2D eigenvalue weighted by atomic mass is 35.5. The van der Waals surface area contributed by atoms with Gasteiger partial charge in [-0.05, 0) is 48.7 Å². The van der Waals surface area contributed by atoms with E-state index in [-0.39, 0.29) is 19.0 Å². The lowest BCUT2D eigenvalue weighted by molar-refractivity contribution is -0.121. The number of nitrogens with one attached hydrogen (secondary N) is 1.